The standard InChI is InChI=1S/C22H23N5O2/c1-2-12-27(13-3-1)18-7-4-16(5-8-18)24-21-10-11-23-22(26-21)25-17-6-9-19-20(14-17)29-15-28-19/h4-11,14H,1-3,12-13,15H2,(H2,23,24,25,26). The van der Waals surface area contributed by atoms with Crippen LogP contribution >= 0.6 is 0 Å². The molecule has 0 bridgehead atoms. The zero-order valence-electron chi connectivity index (χ0n) is 16.1. The minimum Gasteiger partial charge on any atom is -0.454 e. The maximum Gasteiger partial charge on any atom is 0.231 e. The Labute approximate surface area is 169 Å². The number of ether oxygens (including phenoxy) is 2. The minimum atomic E-state index is 0.255. The zero-order valence-corrected chi connectivity index (χ0v) is 16.1. The third-order valence-corrected chi connectivity index (χ3v) is 5.15. The third kappa shape index (κ3) is 4.03. The minimum absolute atomic E-state index is 0.255. The van der Waals surface area contributed by atoms with Gasteiger partial charge in [0, 0.05) is 42.4 Å². The van der Waals surface area contributed by atoms with Gasteiger partial charge in [0.05, 0.1) is 0 Å². The number of rotatable bonds is 5. The van der Waals surface area contributed by atoms with E-state index in [1.807, 2.05) is 24.3 Å². The van der Waals surface area contributed by atoms with Crippen molar-refractivity contribution in [1.29, 1.82) is 0 Å². The predicted molar refractivity (Wildman–Crippen MR) is 114 cm³/mol. The Bertz CT molecular complexity index is 987. The van der Waals surface area contributed by atoms with Gasteiger partial charge in [0.1, 0.15) is 5.82 Å². The number of nitrogens with zero attached hydrogens (tertiary/aromatic N) is 3. The van der Waals surface area contributed by atoms with Crippen molar-refractivity contribution in [2.75, 3.05) is 35.4 Å². The van der Waals surface area contributed by atoms with Crippen LogP contribution in [0.5, 0.6) is 11.5 Å². The number of nitrogens with one attached hydrogen (secondary N) is 2. The van der Waals surface area contributed by atoms with E-state index in [1.165, 1.54) is 24.9 Å². The molecule has 3 aromatic rings. The van der Waals surface area contributed by atoms with Crippen molar-refractivity contribution in [2.24, 2.45) is 0 Å². The Morgan fingerprint density at radius 2 is 1.59 bits per heavy atom. The van der Waals surface area contributed by atoms with Crippen LogP contribution in [-0.2, 0) is 0 Å². The van der Waals surface area contributed by atoms with Crippen LogP contribution < -0.4 is 25.0 Å². The van der Waals surface area contributed by atoms with E-state index >= 15 is 0 Å². The summed E-state index contributed by atoms with van der Waals surface area (Å²) >= 11 is 0. The number of fused-ring (bicyclic) bond motifs is 1. The molecular weight excluding hydrogens is 366 g/mol. The van der Waals surface area contributed by atoms with Gasteiger partial charge >= 0.3 is 0 Å². The Morgan fingerprint density at radius 1 is 0.793 bits per heavy atom. The van der Waals surface area contributed by atoms with Gasteiger partial charge in [0.2, 0.25) is 12.7 Å². The summed E-state index contributed by atoms with van der Waals surface area (Å²) in [6.07, 6.45) is 5.62. The van der Waals surface area contributed by atoms with Crippen LogP contribution in [0.15, 0.2) is 54.7 Å². The highest BCUT2D eigenvalue weighted by Crippen LogP contribution is 2.34. The molecule has 0 spiro atoms. The molecule has 2 N–H and O–H groups in total. The fraction of sp³-hybridized carbons (Fsp3) is 0.273. The van der Waals surface area contributed by atoms with E-state index < -0.39 is 0 Å². The highest BCUT2D eigenvalue weighted by Gasteiger charge is 2.14. The summed E-state index contributed by atoms with van der Waals surface area (Å²) in [6.45, 7) is 2.55. The highest BCUT2D eigenvalue weighted by molar-refractivity contribution is 5.64. The van der Waals surface area contributed by atoms with Gasteiger partial charge in [-0.3, -0.25) is 0 Å². The molecule has 0 amide bonds. The van der Waals surface area contributed by atoms with Crippen LogP contribution in [0.1, 0.15) is 19.3 Å². The van der Waals surface area contributed by atoms with Gasteiger partial charge in [-0.15, -0.1) is 0 Å². The molecule has 1 fully saturated rings. The van der Waals surface area contributed by atoms with E-state index in [1.54, 1.807) is 6.20 Å². The van der Waals surface area contributed by atoms with Crippen molar-refractivity contribution in [1.82, 2.24) is 9.97 Å². The molecule has 0 atom stereocenters. The molecule has 2 aliphatic rings. The molecule has 29 heavy (non-hydrogen) atoms. The second-order valence-corrected chi connectivity index (χ2v) is 7.18. The van der Waals surface area contributed by atoms with Crippen molar-refractivity contribution in [3.05, 3.63) is 54.7 Å². The fourth-order valence-corrected chi connectivity index (χ4v) is 3.65. The van der Waals surface area contributed by atoms with Crippen LogP contribution in [-0.4, -0.2) is 29.9 Å². The Hall–Kier alpha value is -3.48. The molecule has 2 aliphatic heterocycles. The summed E-state index contributed by atoms with van der Waals surface area (Å²) in [4.78, 5) is 11.3. The lowest BCUT2D eigenvalue weighted by Crippen LogP contribution is -2.29. The first-order chi connectivity index (χ1) is 14.3. The Kier molecular flexibility index (Phi) is 4.78. The van der Waals surface area contributed by atoms with E-state index in [9.17, 15) is 0 Å². The normalized spacial score (nSPS) is 15.2. The lowest BCUT2D eigenvalue weighted by atomic mass is 10.1. The number of anilines is 5. The summed E-state index contributed by atoms with van der Waals surface area (Å²) in [6, 6.07) is 16.0. The van der Waals surface area contributed by atoms with Gasteiger partial charge < -0.3 is 25.0 Å². The summed E-state index contributed by atoms with van der Waals surface area (Å²) in [5, 5.41) is 6.56. The second-order valence-electron chi connectivity index (χ2n) is 7.18. The molecule has 0 saturated carbocycles. The highest BCUT2D eigenvalue weighted by atomic mass is 16.7. The summed E-state index contributed by atoms with van der Waals surface area (Å²) < 4.78 is 10.8. The molecule has 1 saturated heterocycles. The van der Waals surface area contributed by atoms with Crippen molar-refractivity contribution in [3.63, 3.8) is 0 Å². The van der Waals surface area contributed by atoms with Crippen LogP contribution in [0.25, 0.3) is 0 Å². The second kappa shape index (κ2) is 7.87. The first kappa shape index (κ1) is 17.6. The number of aromatic nitrogens is 2. The van der Waals surface area contributed by atoms with Crippen LogP contribution in [0.3, 0.4) is 0 Å². The number of benzene rings is 2. The smallest absolute Gasteiger partial charge is 0.231 e. The summed E-state index contributed by atoms with van der Waals surface area (Å²) in [5.74, 6) is 2.71. The molecule has 2 aromatic carbocycles. The first-order valence-electron chi connectivity index (χ1n) is 9.95. The van der Waals surface area contributed by atoms with Crippen molar-refractivity contribution >= 4 is 28.8 Å². The van der Waals surface area contributed by atoms with Gasteiger partial charge in [0.15, 0.2) is 11.5 Å². The van der Waals surface area contributed by atoms with Gasteiger partial charge in [-0.2, -0.15) is 4.98 Å². The summed E-state index contributed by atoms with van der Waals surface area (Å²) in [7, 11) is 0. The molecule has 0 radical (unpaired) electrons. The van der Waals surface area contributed by atoms with E-state index in [0.717, 1.165) is 41.8 Å². The summed E-state index contributed by atoms with van der Waals surface area (Å²) in [5.41, 5.74) is 3.12. The van der Waals surface area contributed by atoms with Crippen molar-refractivity contribution in [2.45, 2.75) is 19.3 Å². The molecule has 5 rings (SSSR count). The topological polar surface area (TPSA) is 71.5 Å². The quantitative estimate of drug-likeness (QED) is 0.656. The zero-order chi connectivity index (χ0) is 19.5. The molecule has 3 heterocycles. The van der Waals surface area contributed by atoms with Gasteiger partial charge in [-0.05, 0) is 61.7 Å². The number of hydrogen-bond donors (Lipinski definition) is 2. The molecule has 0 aliphatic carbocycles. The third-order valence-electron chi connectivity index (χ3n) is 5.15. The average Bonchev–Trinajstić information content (AvgIpc) is 3.23. The predicted octanol–water partition coefficient (Wildman–Crippen LogP) is 4.68. The SMILES string of the molecule is c1cc(Nc2ccc(N3CCCCC3)cc2)nc(Nc2ccc3c(c2)OCO3)n1. The molecule has 1 aromatic heterocycles. The van der Waals surface area contributed by atoms with E-state index in [-0.39, 0.29) is 6.79 Å². The maximum absolute atomic E-state index is 5.41. The molecule has 148 valence electrons. The fourth-order valence-electron chi connectivity index (χ4n) is 3.65. The van der Waals surface area contributed by atoms with Gasteiger partial charge in [-0.1, -0.05) is 0 Å². The first-order valence-corrected chi connectivity index (χ1v) is 9.95. The van der Waals surface area contributed by atoms with Crippen LogP contribution in [0.2, 0.25) is 0 Å². The van der Waals surface area contributed by atoms with Crippen molar-refractivity contribution < 1.29 is 9.47 Å². The van der Waals surface area contributed by atoms with E-state index in [4.69, 9.17) is 9.47 Å². The van der Waals surface area contributed by atoms with Gasteiger partial charge in [-0.25, -0.2) is 4.98 Å². The van der Waals surface area contributed by atoms with Crippen molar-refractivity contribution in [3.8, 4) is 11.5 Å². The molecule has 7 heteroatoms. The Morgan fingerprint density at radius 3 is 2.45 bits per heavy atom. The maximum atomic E-state index is 5.41. The van der Waals surface area contributed by atoms with Crippen LogP contribution in [0, 0.1) is 0 Å². The van der Waals surface area contributed by atoms with E-state index in [2.05, 4.69) is 49.8 Å². The monoisotopic (exact) mass is 389 g/mol. The lowest BCUT2D eigenvalue weighted by molar-refractivity contribution is 0.174. The Balaban J connectivity index is 1.26. The van der Waals surface area contributed by atoms with Crippen LogP contribution in [0.4, 0.5) is 28.8 Å². The lowest BCUT2D eigenvalue weighted by Gasteiger charge is -2.28. The van der Waals surface area contributed by atoms with E-state index in [0.29, 0.717) is 5.95 Å². The number of hydrogen-bond acceptors (Lipinski definition) is 7. The number of piperidine rings is 1. The average molecular weight is 389 g/mol. The largest absolute Gasteiger partial charge is 0.454 e. The van der Waals surface area contributed by atoms with Gasteiger partial charge in [0.25, 0.3) is 0 Å². The molecule has 0 unspecified atom stereocenters. The molecular formula is C22H23N5O2. The molecule has 7 nitrogen and oxygen atoms in total.